The second-order valence-corrected chi connectivity index (χ2v) is 5.93. The van der Waals surface area contributed by atoms with Gasteiger partial charge in [-0.25, -0.2) is 9.59 Å². The molecule has 1 atom stereocenters. The largest absolute Gasteiger partial charge is 0.480 e. The molecule has 0 aromatic heterocycles. The molecule has 1 aliphatic rings. The molecule has 1 aromatic carbocycles. The van der Waals surface area contributed by atoms with Gasteiger partial charge in [-0.15, -0.1) is 0 Å². The Hall–Kier alpha value is -2.04. The molecule has 0 heterocycles. The molecule has 0 radical (unpaired) electrons. The van der Waals surface area contributed by atoms with E-state index in [0.29, 0.717) is 6.42 Å². The summed E-state index contributed by atoms with van der Waals surface area (Å²) in [5.74, 6) is -1.01. The monoisotopic (exact) mass is 304 g/mol. The van der Waals surface area contributed by atoms with Crippen molar-refractivity contribution in [1.29, 1.82) is 0 Å². The maximum Gasteiger partial charge on any atom is 0.326 e. The van der Waals surface area contributed by atoms with E-state index in [0.717, 1.165) is 31.2 Å². The van der Waals surface area contributed by atoms with Crippen LogP contribution in [0.25, 0.3) is 0 Å². The Balaban J connectivity index is 1.95. The number of carboxylic acids is 1. The van der Waals surface area contributed by atoms with E-state index in [2.05, 4.69) is 5.32 Å². The summed E-state index contributed by atoms with van der Waals surface area (Å²) in [7, 11) is 1.76. The maximum absolute atomic E-state index is 12.3. The predicted octanol–water partition coefficient (Wildman–Crippen LogP) is 2.66. The predicted molar refractivity (Wildman–Crippen MR) is 84.7 cm³/mol. The van der Waals surface area contributed by atoms with E-state index in [1.54, 1.807) is 11.9 Å². The molecule has 0 spiro atoms. The van der Waals surface area contributed by atoms with Gasteiger partial charge in [0.1, 0.15) is 6.04 Å². The van der Waals surface area contributed by atoms with Crippen LogP contribution in [0.3, 0.4) is 0 Å². The van der Waals surface area contributed by atoms with Crippen molar-refractivity contribution < 1.29 is 14.7 Å². The first-order valence-electron chi connectivity index (χ1n) is 7.88. The molecule has 0 unspecified atom stereocenters. The summed E-state index contributed by atoms with van der Waals surface area (Å²) in [6, 6.07) is 8.37. The van der Waals surface area contributed by atoms with Gasteiger partial charge < -0.3 is 15.3 Å². The Morgan fingerprint density at radius 3 is 2.45 bits per heavy atom. The molecule has 0 bridgehead atoms. The summed E-state index contributed by atoms with van der Waals surface area (Å²) in [4.78, 5) is 25.4. The summed E-state index contributed by atoms with van der Waals surface area (Å²) in [6.45, 7) is 0. The van der Waals surface area contributed by atoms with Crippen molar-refractivity contribution in [3.05, 3.63) is 35.9 Å². The Labute approximate surface area is 131 Å². The molecule has 0 aliphatic heterocycles. The minimum absolute atomic E-state index is 0.222. The number of benzene rings is 1. The highest BCUT2D eigenvalue weighted by atomic mass is 16.4. The van der Waals surface area contributed by atoms with Crippen molar-refractivity contribution in [2.75, 3.05) is 7.05 Å². The third kappa shape index (κ3) is 4.48. The lowest BCUT2D eigenvalue weighted by molar-refractivity contribution is -0.139. The smallest absolute Gasteiger partial charge is 0.326 e. The van der Waals surface area contributed by atoms with E-state index < -0.39 is 12.0 Å². The molecule has 1 saturated carbocycles. The highest BCUT2D eigenvalue weighted by molar-refractivity contribution is 5.82. The number of carbonyl (C=O) groups is 2. The van der Waals surface area contributed by atoms with Crippen LogP contribution >= 0.6 is 0 Å². The van der Waals surface area contributed by atoms with Gasteiger partial charge in [-0.1, -0.05) is 49.6 Å². The molecule has 5 nitrogen and oxygen atoms in total. The number of hydrogen-bond donors (Lipinski definition) is 2. The SMILES string of the molecule is CN(C(=O)N[C@H](Cc1ccccc1)C(=O)O)C1CCCCC1. The van der Waals surface area contributed by atoms with Crippen molar-refractivity contribution in [1.82, 2.24) is 10.2 Å². The van der Waals surface area contributed by atoms with Crippen LogP contribution in [0.5, 0.6) is 0 Å². The van der Waals surface area contributed by atoms with Crippen LogP contribution < -0.4 is 5.32 Å². The first-order chi connectivity index (χ1) is 10.6. The zero-order chi connectivity index (χ0) is 15.9. The first kappa shape index (κ1) is 16.3. The van der Waals surface area contributed by atoms with Gasteiger partial charge in [0.15, 0.2) is 0 Å². The molecule has 2 rings (SSSR count). The molecule has 0 saturated heterocycles. The van der Waals surface area contributed by atoms with Crippen LogP contribution in [0.15, 0.2) is 30.3 Å². The zero-order valence-electron chi connectivity index (χ0n) is 13.0. The average molecular weight is 304 g/mol. The highest BCUT2D eigenvalue weighted by Crippen LogP contribution is 2.21. The number of carboxylic acid groups (broad SMARTS) is 1. The molecule has 2 N–H and O–H groups in total. The van der Waals surface area contributed by atoms with Gasteiger partial charge in [-0.3, -0.25) is 0 Å². The van der Waals surface area contributed by atoms with Crippen molar-refractivity contribution in [3.8, 4) is 0 Å². The Bertz CT molecular complexity index is 498. The van der Waals surface area contributed by atoms with Gasteiger partial charge in [0, 0.05) is 19.5 Å². The summed E-state index contributed by atoms with van der Waals surface area (Å²) in [5.41, 5.74) is 0.899. The normalized spacial score (nSPS) is 16.8. The van der Waals surface area contributed by atoms with Crippen LogP contribution in [0.1, 0.15) is 37.7 Å². The number of nitrogens with one attached hydrogen (secondary N) is 1. The molecule has 1 aliphatic carbocycles. The van der Waals surface area contributed by atoms with Crippen LogP contribution in [0.2, 0.25) is 0 Å². The standard InChI is InChI=1S/C17H24N2O3/c1-19(14-10-6-3-7-11-14)17(22)18-15(16(20)21)12-13-8-4-2-5-9-13/h2,4-5,8-9,14-15H,3,6-7,10-12H2,1H3,(H,18,22)(H,20,21)/t15-/m1/s1. The van der Waals surface area contributed by atoms with Crippen molar-refractivity contribution >= 4 is 12.0 Å². The second kappa shape index (κ2) is 7.82. The molecular formula is C17H24N2O3. The van der Waals surface area contributed by atoms with E-state index >= 15 is 0 Å². The lowest BCUT2D eigenvalue weighted by Gasteiger charge is -2.32. The average Bonchev–Trinajstić information content (AvgIpc) is 2.55. The van der Waals surface area contributed by atoms with Crippen molar-refractivity contribution in [2.24, 2.45) is 0 Å². The van der Waals surface area contributed by atoms with Crippen molar-refractivity contribution in [3.63, 3.8) is 0 Å². The fourth-order valence-corrected chi connectivity index (χ4v) is 2.93. The Kier molecular flexibility index (Phi) is 5.81. The number of aliphatic carboxylic acids is 1. The van der Waals surface area contributed by atoms with E-state index in [1.807, 2.05) is 30.3 Å². The fraction of sp³-hybridized carbons (Fsp3) is 0.529. The van der Waals surface area contributed by atoms with Crippen LogP contribution in [-0.4, -0.2) is 41.1 Å². The summed E-state index contributed by atoms with van der Waals surface area (Å²) in [5, 5.41) is 12.0. The van der Waals surface area contributed by atoms with Gasteiger partial charge in [0.25, 0.3) is 0 Å². The van der Waals surface area contributed by atoms with Gasteiger partial charge in [-0.2, -0.15) is 0 Å². The lowest BCUT2D eigenvalue weighted by Crippen LogP contribution is -2.50. The third-order valence-corrected chi connectivity index (χ3v) is 4.32. The van der Waals surface area contributed by atoms with Crippen LogP contribution in [-0.2, 0) is 11.2 Å². The number of hydrogen-bond acceptors (Lipinski definition) is 2. The van der Waals surface area contributed by atoms with Gasteiger partial charge in [-0.05, 0) is 18.4 Å². The lowest BCUT2D eigenvalue weighted by atomic mass is 9.95. The summed E-state index contributed by atoms with van der Waals surface area (Å²) < 4.78 is 0. The number of rotatable bonds is 5. The zero-order valence-corrected chi connectivity index (χ0v) is 13.0. The number of amides is 2. The van der Waals surface area contributed by atoms with Crippen LogP contribution in [0.4, 0.5) is 4.79 Å². The molecule has 5 heteroatoms. The van der Waals surface area contributed by atoms with Gasteiger partial charge >= 0.3 is 12.0 Å². The van der Waals surface area contributed by atoms with Gasteiger partial charge in [0.2, 0.25) is 0 Å². The molecule has 22 heavy (non-hydrogen) atoms. The fourth-order valence-electron chi connectivity index (χ4n) is 2.93. The summed E-state index contributed by atoms with van der Waals surface area (Å²) >= 11 is 0. The van der Waals surface area contributed by atoms with E-state index in [4.69, 9.17) is 0 Å². The number of nitrogens with zero attached hydrogens (tertiary/aromatic N) is 1. The topological polar surface area (TPSA) is 69.6 Å². The van der Waals surface area contributed by atoms with Crippen molar-refractivity contribution in [2.45, 2.75) is 50.6 Å². The Morgan fingerprint density at radius 2 is 1.86 bits per heavy atom. The summed E-state index contributed by atoms with van der Waals surface area (Å²) in [6.07, 6.45) is 5.78. The maximum atomic E-state index is 12.3. The molecule has 1 fully saturated rings. The molecule has 2 amide bonds. The number of urea groups is 1. The third-order valence-electron chi connectivity index (χ3n) is 4.32. The molecule has 1 aromatic rings. The highest BCUT2D eigenvalue weighted by Gasteiger charge is 2.26. The van der Waals surface area contributed by atoms with Crippen LogP contribution in [0, 0.1) is 0 Å². The number of carbonyl (C=O) groups excluding carboxylic acids is 1. The Morgan fingerprint density at radius 1 is 1.23 bits per heavy atom. The quantitative estimate of drug-likeness (QED) is 0.878. The molecule has 120 valence electrons. The minimum atomic E-state index is -1.01. The van der Waals surface area contributed by atoms with E-state index in [-0.39, 0.29) is 12.1 Å². The molecular weight excluding hydrogens is 280 g/mol. The second-order valence-electron chi connectivity index (χ2n) is 5.93. The van der Waals surface area contributed by atoms with Gasteiger partial charge in [0.05, 0.1) is 0 Å². The first-order valence-corrected chi connectivity index (χ1v) is 7.88. The minimum Gasteiger partial charge on any atom is -0.480 e. The van der Waals surface area contributed by atoms with E-state index in [1.165, 1.54) is 6.42 Å². The van der Waals surface area contributed by atoms with E-state index in [9.17, 15) is 14.7 Å².